The Morgan fingerprint density at radius 2 is 1.77 bits per heavy atom. The zero-order valence-corrected chi connectivity index (χ0v) is 19.6. The lowest BCUT2D eigenvalue weighted by Gasteiger charge is -2.23. The van der Waals surface area contributed by atoms with Gasteiger partial charge in [-0.2, -0.15) is 0 Å². The molecule has 35 heavy (non-hydrogen) atoms. The van der Waals surface area contributed by atoms with Gasteiger partial charge in [-0.25, -0.2) is 0 Å². The summed E-state index contributed by atoms with van der Waals surface area (Å²) in [4.78, 5) is 27.5. The Labute approximate surface area is 203 Å². The molecule has 1 fully saturated rings. The summed E-state index contributed by atoms with van der Waals surface area (Å²) in [6, 6.07) is 14.3. The van der Waals surface area contributed by atoms with Crippen LogP contribution in [0.25, 0.3) is 5.76 Å². The van der Waals surface area contributed by atoms with Crippen LogP contribution in [0.2, 0.25) is 0 Å². The van der Waals surface area contributed by atoms with Crippen LogP contribution in [0.3, 0.4) is 0 Å². The van der Waals surface area contributed by atoms with E-state index in [4.69, 9.17) is 14.0 Å². The Morgan fingerprint density at radius 3 is 2.37 bits per heavy atom. The van der Waals surface area contributed by atoms with Crippen molar-refractivity contribution in [3.05, 3.63) is 89.7 Å². The van der Waals surface area contributed by atoms with Crippen LogP contribution in [0.15, 0.2) is 77.3 Å². The summed E-state index contributed by atoms with van der Waals surface area (Å²) in [7, 11) is 0. The second-order valence-electron chi connectivity index (χ2n) is 8.01. The number of aliphatic hydroxyl groups excluding tert-OH is 1. The van der Waals surface area contributed by atoms with E-state index in [0.29, 0.717) is 41.6 Å². The number of hydrogen-bond acceptors (Lipinski definition) is 7. The quantitative estimate of drug-likeness (QED) is 0.202. The minimum atomic E-state index is -0.913. The van der Waals surface area contributed by atoms with Crippen LogP contribution in [0.4, 0.5) is 5.82 Å². The van der Waals surface area contributed by atoms with Crippen LogP contribution >= 0.6 is 0 Å². The molecule has 1 aliphatic rings. The Balaban J connectivity index is 1.79. The highest BCUT2D eigenvalue weighted by molar-refractivity contribution is 6.51. The van der Waals surface area contributed by atoms with Crippen molar-refractivity contribution in [2.24, 2.45) is 0 Å². The number of nitrogens with zero attached hydrogens (tertiary/aromatic N) is 2. The second-order valence-corrected chi connectivity index (χ2v) is 8.01. The number of carbonyl (C=O) groups is 2. The first-order valence-electron chi connectivity index (χ1n) is 11.3. The molecule has 0 saturated carbocycles. The Bertz CT molecular complexity index is 1260. The van der Waals surface area contributed by atoms with Crippen molar-refractivity contribution in [2.45, 2.75) is 26.3 Å². The highest BCUT2D eigenvalue weighted by atomic mass is 16.5. The number of amides is 1. The molecule has 4 rings (SSSR count). The Kier molecular flexibility index (Phi) is 7.01. The van der Waals surface area contributed by atoms with Crippen molar-refractivity contribution in [3.8, 4) is 11.5 Å². The first-order chi connectivity index (χ1) is 16.9. The van der Waals surface area contributed by atoms with Crippen molar-refractivity contribution in [1.82, 2.24) is 5.16 Å². The van der Waals surface area contributed by atoms with Gasteiger partial charge in [-0.3, -0.25) is 14.5 Å². The number of anilines is 1. The molecule has 0 unspecified atom stereocenters. The molecule has 1 amide bonds. The lowest BCUT2D eigenvalue weighted by atomic mass is 9.95. The number of hydrogen-bond donors (Lipinski definition) is 1. The number of benzene rings is 2. The topological polar surface area (TPSA) is 102 Å². The fraction of sp³-hybridized carbons (Fsp3) is 0.222. The number of rotatable bonds is 9. The molecule has 180 valence electrons. The van der Waals surface area contributed by atoms with E-state index in [1.54, 1.807) is 67.6 Å². The highest BCUT2D eigenvalue weighted by Crippen LogP contribution is 2.42. The zero-order chi connectivity index (χ0) is 24.9. The standard InChI is InChI=1S/C27H26N2O6/c1-4-14-33-20-10-6-18(7-11-20)24-23(25(30)19-8-12-21(13-9-19)34-15-5-2)26(31)27(32)29(24)22-16-17(3)35-28-22/h4,6-13,16,24,30H,1,5,14-15H2,2-3H3/b25-23+/t24-/m1/s1. The van der Waals surface area contributed by atoms with Crippen LogP contribution in [0, 0.1) is 6.92 Å². The van der Waals surface area contributed by atoms with Gasteiger partial charge in [0.2, 0.25) is 0 Å². The van der Waals surface area contributed by atoms with Crippen LogP contribution in [0.1, 0.15) is 36.3 Å². The monoisotopic (exact) mass is 474 g/mol. The van der Waals surface area contributed by atoms with Gasteiger partial charge in [0.1, 0.15) is 29.6 Å². The number of ether oxygens (including phenoxy) is 2. The third kappa shape index (κ3) is 4.82. The summed E-state index contributed by atoms with van der Waals surface area (Å²) in [5.74, 6) is 0.0100. The predicted octanol–water partition coefficient (Wildman–Crippen LogP) is 4.96. The Hall–Kier alpha value is -4.33. The first-order valence-corrected chi connectivity index (χ1v) is 11.3. The molecule has 2 aromatic carbocycles. The summed E-state index contributed by atoms with van der Waals surface area (Å²) in [6.07, 6.45) is 2.50. The summed E-state index contributed by atoms with van der Waals surface area (Å²) >= 11 is 0. The average molecular weight is 475 g/mol. The summed E-state index contributed by atoms with van der Waals surface area (Å²) < 4.78 is 16.3. The summed E-state index contributed by atoms with van der Waals surface area (Å²) in [5.41, 5.74) is 0.942. The molecule has 0 spiro atoms. The predicted molar refractivity (Wildman–Crippen MR) is 130 cm³/mol. The van der Waals surface area contributed by atoms with Crippen LogP contribution < -0.4 is 14.4 Å². The number of aliphatic hydroxyl groups is 1. The lowest BCUT2D eigenvalue weighted by molar-refractivity contribution is -0.132. The molecule has 8 nitrogen and oxygen atoms in total. The van der Waals surface area contributed by atoms with Crippen molar-refractivity contribution >= 4 is 23.3 Å². The van der Waals surface area contributed by atoms with Gasteiger partial charge in [0, 0.05) is 11.6 Å². The summed E-state index contributed by atoms with van der Waals surface area (Å²) in [5, 5.41) is 15.2. The third-order valence-corrected chi connectivity index (χ3v) is 5.47. The van der Waals surface area contributed by atoms with Gasteiger partial charge in [-0.15, -0.1) is 0 Å². The van der Waals surface area contributed by atoms with E-state index in [-0.39, 0.29) is 17.2 Å². The van der Waals surface area contributed by atoms with E-state index in [1.165, 1.54) is 4.90 Å². The highest BCUT2D eigenvalue weighted by Gasteiger charge is 2.48. The van der Waals surface area contributed by atoms with Crippen molar-refractivity contribution in [2.75, 3.05) is 18.1 Å². The van der Waals surface area contributed by atoms with Crippen LogP contribution in [-0.4, -0.2) is 35.2 Å². The largest absolute Gasteiger partial charge is 0.507 e. The van der Waals surface area contributed by atoms with Gasteiger partial charge >= 0.3 is 5.91 Å². The molecule has 1 saturated heterocycles. The molecule has 8 heteroatoms. The molecule has 0 radical (unpaired) electrons. The van der Waals surface area contributed by atoms with Crippen molar-refractivity contribution in [1.29, 1.82) is 0 Å². The second kappa shape index (κ2) is 10.3. The van der Waals surface area contributed by atoms with Crippen LogP contribution in [0.5, 0.6) is 11.5 Å². The van der Waals surface area contributed by atoms with Crippen molar-refractivity contribution in [3.63, 3.8) is 0 Å². The minimum absolute atomic E-state index is 0.0439. The molecule has 1 N–H and O–H groups in total. The molecule has 3 aromatic rings. The maximum absolute atomic E-state index is 13.2. The van der Waals surface area contributed by atoms with E-state index < -0.39 is 17.7 Å². The number of Topliss-reactive ketones (excluding diaryl/α,β-unsaturated/α-hetero) is 1. The lowest BCUT2D eigenvalue weighted by Crippen LogP contribution is -2.29. The molecular weight excluding hydrogens is 448 g/mol. The van der Waals surface area contributed by atoms with E-state index >= 15 is 0 Å². The minimum Gasteiger partial charge on any atom is -0.507 e. The van der Waals surface area contributed by atoms with Crippen molar-refractivity contribution < 1.29 is 28.7 Å². The number of aromatic nitrogens is 1. The van der Waals surface area contributed by atoms with Gasteiger partial charge < -0.3 is 19.1 Å². The van der Waals surface area contributed by atoms with E-state index in [2.05, 4.69) is 11.7 Å². The fourth-order valence-electron chi connectivity index (χ4n) is 3.84. The molecule has 1 aliphatic heterocycles. The molecule has 1 aromatic heterocycles. The number of aryl methyl sites for hydroxylation is 1. The normalized spacial score (nSPS) is 17.0. The molecular formula is C27H26N2O6. The third-order valence-electron chi connectivity index (χ3n) is 5.47. The van der Waals surface area contributed by atoms with Gasteiger partial charge in [0.15, 0.2) is 5.82 Å². The molecule has 0 aliphatic carbocycles. The zero-order valence-electron chi connectivity index (χ0n) is 19.6. The average Bonchev–Trinajstić information content (AvgIpc) is 3.42. The maximum atomic E-state index is 13.2. The molecule has 2 heterocycles. The number of carbonyl (C=O) groups excluding carboxylic acids is 2. The van der Waals surface area contributed by atoms with Crippen LogP contribution in [-0.2, 0) is 9.59 Å². The molecule has 1 atom stereocenters. The van der Waals surface area contributed by atoms with E-state index in [9.17, 15) is 14.7 Å². The van der Waals surface area contributed by atoms with Gasteiger partial charge in [-0.05, 0) is 55.3 Å². The molecule has 0 bridgehead atoms. The first kappa shape index (κ1) is 23.8. The maximum Gasteiger partial charge on any atom is 0.301 e. The SMILES string of the molecule is C=CCOc1ccc([C@@H]2/C(=C(\O)c3ccc(OCCC)cc3)C(=O)C(=O)N2c2cc(C)on2)cc1. The van der Waals surface area contributed by atoms with Gasteiger partial charge in [-0.1, -0.05) is 36.9 Å². The van der Waals surface area contributed by atoms with Gasteiger partial charge in [0.25, 0.3) is 5.78 Å². The number of ketones is 1. The fourth-order valence-corrected chi connectivity index (χ4v) is 3.84. The van der Waals surface area contributed by atoms with E-state index in [1.807, 2.05) is 6.92 Å². The smallest absolute Gasteiger partial charge is 0.301 e. The Morgan fingerprint density at radius 1 is 1.11 bits per heavy atom. The van der Waals surface area contributed by atoms with E-state index in [0.717, 1.165) is 6.42 Å². The summed E-state index contributed by atoms with van der Waals surface area (Å²) in [6.45, 7) is 8.24. The van der Waals surface area contributed by atoms with Gasteiger partial charge in [0.05, 0.1) is 18.2 Å².